The molecule has 4 heteroatoms. The maximum atomic E-state index is 13.2. The Morgan fingerprint density at radius 3 is 1.48 bits per heavy atom. The van der Waals surface area contributed by atoms with Gasteiger partial charge < -0.3 is 26.2 Å². The number of carbonyl (C=O) groups is 1. The van der Waals surface area contributed by atoms with Crippen molar-refractivity contribution in [1.29, 1.82) is 0 Å². The Labute approximate surface area is 184 Å². The Morgan fingerprint density at radius 2 is 1.10 bits per heavy atom. The lowest BCUT2D eigenvalue weighted by atomic mass is 9.91. The standard InChI is InChI=1S/C25H28NO2.BrH/c1-26(2,3)23(20-13-7-4-8-14-20)19-28-25(27)24(21-15-9-5-10-16-21)22-17-11-6-12-18-22;/h4-18,23-24H,19H2,1-3H3;1H/q+1;/p-1. The Hall–Kier alpha value is -2.43. The highest BCUT2D eigenvalue weighted by atomic mass is 79.9. The quantitative estimate of drug-likeness (QED) is 0.402. The van der Waals surface area contributed by atoms with E-state index in [-0.39, 0.29) is 29.0 Å². The minimum absolute atomic E-state index is 0. The van der Waals surface area contributed by atoms with Crippen molar-refractivity contribution >= 4 is 5.97 Å². The summed E-state index contributed by atoms with van der Waals surface area (Å²) in [7, 11) is 6.37. The van der Waals surface area contributed by atoms with Crippen LogP contribution in [0.2, 0.25) is 0 Å². The molecule has 152 valence electrons. The van der Waals surface area contributed by atoms with E-state index in [1.165, 1.54) is 5.56 Å². The molecule has 3 aromatic carbocycles. The summed E-state index contributed by atoms with van der Waals surface area (Å²) in [6.45, 7) is 0.336. The van der Waals surface area contributed by atoms with E-state index in [1.54, 1.807) is 0 Å². The molecule has 0 saturated carbocycles. The number of rotatable bonds is 7. The number of hydrogen-bond donors (Lipinski definition) is 0. The molecular weight excluding hydrogens is 426 g/mol. The number of ether oxygens (including phenoxy) is 1. The van der Waals surface area contributed by atoms with Crippen LogP contribution in [0.5, 0.6) is 0 Å². The first-order valence-corrected chi connectivity index (χ1v) is 9.59. The van der Waals surface area contributed by atoms with Crippen LogP contribution < -0.4 is 17.0 Å². The number of hydrogen-bond acceptors (Lipinski definition) is 2. The van der Waals surface area contributed by atoms with Crippen LogP contribution in [0.25, 0.3) is 0 Å². The predicted octanol–water partition coefficient (Wildman–Crippen LogP) is 1.81. The molecule has 0 heterocycles. The van der Waals surface area contributed by atoms with E-state index in [0.717, 1.165) is 11.1 Å². The number of likely N-dealkylation sites (N-methyl/N-ethyl adjacent to an activating group) is 1. The van der Waals surface area contributed by atoms with Gasteiger partial charge in [0.25, 0.3) is 0 Å². The van der Waals surface area contributed by atoms with E-state index in [1.807, 2.05) is 78.9 Å². The van der Waals surface area contributed by atoms with E-state index in [2.05, 4.69) is 33.3 Å². The van der Waals surface area contributed by atoms with Crippen LogP contribution in [0.15, 0.2) is 91.0 Å². The summed E-state index contributed by atoms with van der Waals surface area (Å²) in [4.78, 5) is 13.2. The minimum atomic E-state index is -0.425. The molecule has 0 amide bonds. The van der Waals surface area contributed by atoms with Gasteiger partial charge in [-0.25, -0.2) is 0 Å². The first-order chi connectivity index (χ1) is 13.5. The number of esters is 1. The van der Waals surface area contributed by atoms with E-state index in [9.17, 15) is 4.79 Å². The largest absolute Gasteiger partial charge is 1.00 e. The zero-order chi connectivity index (χ0) is 20.0. The fourth-order valence-corrected chi connectivity index (χ4v) is 3.44. The highest BCUT2D eigenvalue weighted by Crippen LogP contribution is 2.28. The second-order valence-electron chi connectivity index (χ2n) is 7.93. The third-order valence-corrected chi connectivity index (χ3v) is 5.00. The van der Waals surface area contributed by atoms with Crippen molar-refractivity contribution in [1.82, 2.24) is 0 Å². The first kappa shape index (κ1) is 22.9. The van der Waals surface area contributed by atoms with E-state index in [4.69, 9.17) is 4.74 Å². The van der Waals surface area contributed by atoms with Crippen molar-refractivity contribution in [2.45, 2.75) is 12.0 Å². The van der Waals surface area contributed by atoms with Crippen molar-refractivity contribution < 1.29 is 31.0 Å². The van der Waals surface area contributed by atoms with Gasteiger partial charge in [0, 0.05) is 5.56 Å². The van der Waals surface area contributed by atoms with Gasteiger partial charge >= 0.3 is 5.97 Å². The Balaban J connectivity index is 0.00000300. The van der Waals surface area contributed by atoms with Gasteiger partial charge in [0.1, 0.15) is 18.6 Å². The second-order valence-corrected chi connectivity index (χ2v) is 7.93. The van der Waals surface area contributed by atoms with Crippen LogP contribution in [0.3, 0.4) is 0 Å². The highest BCUT2D eigenvalue weighted by Gasteiger charge is 2.30. The van der Waals surface area contributed by atoms with E-state index < -0.39 is 5.92 Å². The fraction of sp³-hybridized carbons (Fsp3) is 0.240. The lowest BCUT2D eigenvalue weighted by Crippen LogP contribution is -3.00. The molecule has 0 aliphatic heterocycles. The van der Waals surface area contributed by atoms with Gasteiger partial charge in [-0.2, -0.15) is 0 Å². The smallest absolute Gasteiger partial charge is 0.318 e. The summed E-state index contributed by atoms with van der Waals surface area (Å²) < 4.78 is 6.58. The van der Waals surface area contributed by atoms with Gasteiger partial charge in [-0.15, -0.1) is 0 Å². The van der Waals surface area contributed by atoms with Crippen molar-refractivity contribution in [3.63, 3.8) is 0 Å². The van der Waals surface area contributed by atoms with Crippen molar-refractivity contribution in [2.24, 2.45) is 0 Å². The average molecular weight is 454 g/mol. The van der Waals surface area contributed by atoms with Crippen LogP contribution in [-0.4, -0.2) is 38.2 Å². The zero-order valence-electron chi connectivity index (χ0n) is 17.2. The molecule has 29 heavy (non-hydrogen) atoms. The molecule has 1 atom stereocenters. The second kappa shape index (κ2) is 10.4. The van der Waals surface area contributed by atoms with Gasteiger partial charge in [0.05, 0.1) is 21.1 Å². The van der Waals surface area contributed by atoms with Crippen LogP contribution in [0.4, 0.5) is 0 Å². The molecule has 0 aromatic heterocycles. The van der Waals surface area contributed by atoms with Gasteiger partial charge in [-0.1, -0.05) is 91.0 Å². The zero-order valence-corrected chi connectivity index (χ0v) is 18.7. The summed E-state index contributed by atoms with van der Waals surface area (Å²) in [5, 5.41) is 0. The van der Waals surface area contributed by atoms with Crippen molar-refractivity contribution in [2.75, 3.05) is 27.7 Å². The molecule has 0 spiro atoms. The molecule has 0 bridgehead atoms. The molecule has 1 unspecified atom stereocenters. The van der Waals surface area contributed by atoms with Crippen LogP contribution in [-0.2, 0) is 9.53 Å². The number of halogens is 1. The normalized spacial score (nSPS) is 12.1. The monoisotopic (exact) mass is 453 g/mol. The molecule has 0 radical (unpaired) electrons. The third-order valence-electron chi connectivity index (χ3n) is 5.00. The Kier molecular flexibility index (Phi) is 8.18. The van der Waals surface area contributed by atoms with Crippen LogP contribution >= 0.6 is 0 Å². The molecule has 0 aliphatic carbocycles. The Bertz CT molecular complexity index is 837. The highest BCUT2D eigenvalue weighted by molar-refractivity contribution is 5.82. The van der Waals surface area contributed by atoms with Gasteiger partial charge in [0.2, 0.25) is 0 Å². The SMILES string of the molecule is C[N+](C)(C)C(COC(=O)C(c1ccccc1)c1ccccc1)c1ccccc1.[Br-]. The average Bonchev–Trinajstić information content (AvgIpc) is 2.70. The van der Waals surface area contributed by atoms with Crippen LogP contribution in [0, 0.1) is 0 Å². The van der Waals surface area contributed by atoms with Crippen molar-refractivity contribution in [3.8, 4) is 0 Å². The van der Waals surface area contributed by atoms with E-state index >= 15 is 0 Å². The number of carbonyl (C=O) groups excluding carboxylic acids is 1. The molecule has 3 aromatic rings. The first-order valence-electron chi connectivity index (χ1n) is 9.59. The topological polar surface area (TPSA) is 26.3 Å². The maximum absolute atomic E-state index is 13.2. The Morgan fingerprint density at radius 1 is 0.724 bits per heavy atom. The van der Waals surface area contributed by atoms with Crippen molar-refractivity contribution in [3.05, 3.63) is 108 Å². The number of nitrogens with zero attached hydrogens (tertiary/aromatic N) is 1. The summed E-state index contributed by atoms with van der Waals surface area (Å²) in [5.41, 5.74) is 3.05. The molecule has 0 aliphatic rings. The summed E-state index contributed by atoms with van der Waals surface area (Å²) in [6, 6.07) is 30.0. The summed E-state index contributed by atoms with van der Waals surface area (Å²) >= 11 is 0. The number of benzene rings is 3. The summed E-state index contributed by atoms with van der Waals surface area (Å²) in [5.74, 6) is -0.641. The molecule has 0 saturated heterocycles. The molecule has 3 rings (SSSR count). The van der Waals surface area contributed by atoms with Gasteiger partial charge in [-0.05, 0) is 11.1 Å². The predicted molar refractivity (Wildman–Crippen MR) is 113 cm³/mol. The molecular formula is C25H28BrNO2. The summed E-state index contributed by atoms with van der Waals surface area (Å²) in [6.07, 6.45) is 0. The van der Waals surface area contributed by atoms with Gasteiger partial charge in [0.15, 0.2) is 0 Å². The minimum Gasteiger partial charge on any atom is -1.00 e. The number of quaternary nitrogens is 1. The lowest BCUT2D eigenvalue weighted by Gasteiger charge is -2.34. The fourth-order valence-electron chi connectivity index (χ4n) is 3.44. The molecule has 0 fully saturated rings. The molecule has 3 nitrogen and oxygen atoms in total. The molecule has 0 N–H and O–H groups in total. The van der Waals surface area contributed by atoms with Crippen LogP contribution in [0.1, 0.15) is 28.7 Å². The van der Waals surface area contributed by atoms with E-state index in [0.29, 0.717) is 11.1 Å². The third kappa shape index (κ3) is 6.02. The van der Waals surface area contributed by atoms with Gasteiger partial charge in [-0.3, -0.25) is 4.79 Å². The lowest BCUT2D eigenvalue weighted by molar-refractivity contribution is -0.902. The maximum Gasteiger partial charge on any atom is 0.318 e.